The topological polar surface area (TPSA) is 86.8 Å². The summed E-state index contributed by atoms with van der Waals surface area (Å²) in [6, 6.07) is 8.69. The number of amides is 2. The fourth-order valence-corrected chi connectivity index (χ4v) is 5.29. The molecule has 7 nitrogen and oxygen atoms in total. The summed E-state index contributed by atoms with van der Waals surface area (Å²) in [4.78, 5) is 28.3. The summed E-state index contributed by atoms with van der Waals surface area (Å²) < 4.78 is 26.5. The minimum atomic E-state index is -3.85. The third kappa shape index (κ3) is 8.00. The van der Waals surface area contributed by atoms with Crippen molar-refractivity contribution in [1.82, 2.24) is 10.2 Å². The third-order valence-corrected chi connectivity index (χ3v) is 7.80. The smallest absolute Gasteiger partial charge is 0.244 e. The lowest BCUT2D eigenvalue weighted by molar-refractivity contribution is -0.140. The predicted molar refractivity (Wildman–Crippen MR) is 147 cm³/mol. The molecule has 0 aromatic heterocycles. The van der Waals surface area contributed by atoms with E-state index in [9.17, 15) is 18.0 Å². The van der Waals surface area contributed by atoms with Crippen LogP contribution in [0, 0.1) is 6.92 Å². The van der Waals surface area contributed by atoms with Crippen LogP contribution in [0.25, 0.3) is 0 Å². The maximum Gasteiger partial charge on any atom is 0.244 e. The lowest BCUT2D eigenvalue weighted by Gasteiger charge is -2.34. The predicted octanol–water partition coefficient (Wildman–Crippen LogP) is 5.44. The summed E-state index contributed by atoms with van der Waals surface area (Å²) in [6.07, 6.45) is 2.07. The molecule has 1 N–H and O–H groups in total. The average Bonchev–Trinajstić information content (AvgIpc) is 2.78. The van der Waals surface area contributed by atoms with Crippen molar-refractivity contribution in [2.75, 3.05) is 17.1 Å². The van der Waals surface area contributed by atoms with Gasteiger partial charge in [0, 0.05) is 27.7 Å². The molecule has 0 bridgehead atoms. The largest absolute Gasteiger partial charge is 0.352 e. The molecule has 0 aliphatic rings. The highest BCUT2D eigenvalue weighted by molar-refractivity contribution is 7.92. The average molecular weight is 577 g/mol. The summed E-state index contributed by atoms with van der Waals surface area (Å²) in [7, 11) is -3.85. The van der Waals surface area contributed by atoms with Gasteiger partial charge >= 0.3 is 0 Å². The number of carbonyl (C=O) groups excluding carboxylic acids is 2. The van der Waals surface area contributed by atoms with E-state index in [1.165, 1.54) is 4.90 Å². The van der Waals surface area contributed by atoms with Crippen molar-refractivity contribution in [1.29, 1.82) is 0 Å². The number of nitrogens with zero attached hydrogens (tertiary/aromatic N) is 2. The zero-order valence-electron chi connectivity index (χ0n) is 21.0. The Morgan fingerprint density at radius 3 is 2.14 bits per heavy atom. The molecule has 0 saturated heterocycles. The van der Waals surface area contributed by atoms with Crippen LogP contribution in [0.2, 0.25) is 15.1 Å². The maximum absolute atomic E-state index is 13.7. The standard InChI is InChI=1S/C25H32Cl3N3O4S/c1-6-17(4)29-25(33)22(7-2)30(14-18-8-9-20(27)13-21(18)28)24(32)15-31(36(5,34)35)23-11-10-19(26)12-16(23)3/h8-13,17,22H,6-7,14-15H2,1-5H3,(H,29,33)/t17-,22+/m1/s1. The Bertz CT molecular complexity index is 1210. The summed E-state index contributed by atoms with van der Waals surface area (Å²) in [5, 5.41) is 4.14. The van der Waals surface area contributed by atoms with Gasteiger partial charge in [-0.2, -0.15) is 0 Å². The van der Waals surface area contributed by atoms with E-state index in [0.29, 0.717) is 38.3 Å². The van der Waals surface area contributed by atoms with Gasteiger partial charge in [-0.15, -0.1) is 0 Å². The molecule has 0 heterocycles. The van der Waals surface area contributed by atoms with Crippen LogP contribution >= 0.6 is 34.8 Å². The van der Waals surface area contributed by atoms with Gasteiger partial charge in [-0.3, -0.25) is 13.9 Å². The van der Waals surface area contributed by atoms with Crippen LogP contribution in [0.15, 0.2) is 36.4 Å². The molecule has 0 saturated carbocycles. The Labute approximate surface area is 228 Å². The van der Waals surface area contributed by atoms with Crippen molar-refractivity contribution in [3.05, 3.63) is 62.6 Å². The Kier molecular flexibility index (Phi) is 10.9. The number of benzene rings is 2. The molecule has 0 aliphatic carbocycles. The lowest BCUT2D eigenvalue weighted by atomic mass is 10.1. The first-order chi connectivity index (χ1) is 16.8. The molecular formula is C25H32Cl3N3O4S. The summed E-state index contributed by atoms with van der Waals surface area (Å²) in [5.74, 6) is -0.870. The minimum absolute atomic E-state index is 0.00152. The van der Waals surface area contributed by atoms with Crippen LogP contribution in [0.1, 0.15) is 44.7 Å². The van der Waals surface area contributed by atoms with Gasteiger partial charge in [0.25, 0.3) is 0 Å². The van der Waals surface area contributed by atoms with Crippen molar-refractivity contribution in [2.45, 2.75) is 59.2 Å². The third-order valence-electron chi connectivity index (χ3n) is 5.85. The Morgan fingerprint density at radius 2 is 1.61 bits per heavy atom. The number of rotatable bonds is 11. The molecule has 0 spiro atoms. The number of sulfonamides is 1. The van der Waals surface area contributed by atoms with Gasteiger partial charge in [0.05, 0.1) is 11.9 Å². The van der Waals surface area contributed by atoms with Crippen LogP contribution in [0.5, 0.6) is 0 Å². The van der Waals surface area contributed by atoms with Gasteiger partial charge in [-0.05, 0) is 68.1 Å². The monoisotopic (exact) mass is 575 g/mol. The summed E-state index contributed by atoms with van der Waals surface area (Å²) >= 11 is 18.5. The molecule has 36 heavy (non-hydrogen) atoms. The van der Waals surface area contributed by atoms with Gasteiger partial charge in [-0.1, -0.05) is 54.7 Å². The van der Waals surface area contributed by atoms with Crippen molar-refractivity contribution in [3.63, 3.8) is 0 Å². The fourth-order valence-electron chi connectivity index (χ4n) is 3.69. The molecule has 11 heteroatoms. The first-order valence-corrected chi connectivity index (χ1v) is 14.5. The first kappa shape index (κ1) is 30.2. The molecule has 2 aromatic rings. The number of halogens is 3. The number of nitrogens with one attached hydrogen (secondary N) is 1. The Hall–Kier alpha value is -2.00. The summed E-state index contributed by atoms with van der Waals surface area (Å²) in [6.45, 7) is 6.83. The molecule has 0 fully saturated rings. The van der Waals surface area contributed by atoms with E-state index in [2.05, 4.69) is 5.32 Å². The molecule has 198 valence electrons. The van der Waals surface area contributed by atoms with Crippen molar-refractivity contribution in [2.24, 2.45) is 0 Å². The van der Waals surface area contributed by atoms with E-state index in [1.54, 1.807) is 50.2 Å². The number of aryl methyl sites for hydroxylation is 1. The highest BCUT2D eigenvalue weighted by Gasteiger charge is 2.32. The van der Waals surface area contributed by atoms with E-state index >= 15 is 0 Å². The van der Waals surface area contributed by atoms with Crippen LogP contribution in [-0.2, 0) is 26.2 Å². The molecular weight excluding hydrogens is 545 g/mol. The Balaban J connectivity index is 2.51. The van der Waals surface area contributed by atoms with Crippen LogP contribution in [0.4, 0.5) is 5.69 Å². The second kappa shape index (κ2) is 13.0. The first-order valence-electron chi connectivity index (χ1n) is 11.6. The van der Waals surface area contributed by atoms with E-state index in [1.807, 2.05) is 13.8 Å². The molecule has 0 aliphatic heterocycles. The second-order valence-electron chi connectivity index (χ2n) is 8.70. The highest BCUT2D eigenvalue weighted by atomic mass is 35.5. The molecule has 2 aromatic carbocycles. The maximum atomic E-state index is 13.7. The van der Waals surface area contributed by atoms with Crippen molar-refractivity contribution >= 4 is 62.3 Å². The van der Waals surface area contributed by atoms with E-state index in [0.717, 1.165) is 17.0 Å². The van der Waals surface area contributed by atoms with Crippen molar-refractivity contribution < 1.29 is 18.0 Å². The molecule has 2 atom stereocenters. The van der Waals surface area contributed by atoms with Crippen LogP contribution in [-0.4, -0.2) is 50.0 Å². The van der Waals surface area contributed by atoms with Crippen molar-refractivity contribution in [3.8, 4) is 0 Å². The fraction of sp³-hybridized carbons (Fsp3) is 0.440. The zero-order chi connectivity index (χ0) is 27.2. The van der Waals surface area contributed by atoms with Gasteiger partial charge in [0.2, 0.25) is 21.8 Å². The van der Waals surface area contributed by atoms with Crippen LogP contribution < -0.4 is 9.62 Å². The quantitative estimate of drug-likeness (QED) is 0.386. The van der Waals surface area contributed by atoms with E-state index in [4.69, 9.17) is 34.8 Å². The SMILES string of the molecule is CC[C@@H](C)NC(=O)[C@H](CC)N(Cc1ccc(Cl)cc1Cl)C(=O)CN(c1ccc(Cl)cc1C)S(C)(=O)=O. The summed E-state index contributed by atoms with van der Waals surface area (Å²) in [5.41, 5.74) is 1.50. The van der Waals surface area contributed by atoms with E-state index in [-0.39, 0.29) is 18.5 Å². The van der Waals surface area contributed by atoms with E-state index < -0.39 is 28.5 Å². The number of hydrogen-bond donors (Lipinski definition) is 1. The Morgan fingerprint density at radius 1 is 1.00 bits per heavy atom. The second-order valence-corrected chi connectivity index (χ2v) is 11.9. The number of hydrogen-bond acceptors (Lipinski definition) is 4. The van der Waals surface area contributed by atoms with Gasteiger partial charge in [0.15, 0.2) is 0 Å². The van der Waals surface area contributed by atoms with Crippen LogP contribution in [0.3, 0.4) is 0 Å². The minimum Gasteiger partial charge on any atom is -0.352 e. The number of anilines is 1. The molecule has 2 amide bonds. The highest BCUT2D eigenvalue weighted by Crippen LogP contribution is 2.27. The molecule has 0 unspecified atom stereocenters. The lowest BCUT2D eigenvalue weighted by Crippen LogP contribution is -2.53. The van der Waals surface area contributed by atoms with Gasteiger partial charge in [-0.25, -0.2) is 8.42 Å². The normalized spacial score (nSPS) is 13.1. The van der Waals surface area contributed by atoms with Gasteiger partial charge in [0.1, 0.15) is 12.6 Å². The molecule has 2 rings (SSSR count). The van der Waals surface area contributed by atoms with Gasteiger partial charge < -0.3 is 10.2 Å². The number of carbonyl (C=O) groups is 2. The zero-order valence-corrected chi connectivity index (χ0v) is 24.1. The molecule has 0 radical (unpaired) electrons.